The molecule has 0 amide bonds. The first-order chi connectivity index (χ1) is 11.7. The van der Waals surface area contributed by atoms with Crippen molar-refractivity contribution in [3.05, 3.63) is 70.7 Å². The average Bonchev–Trinajstić information content (AvgIpc) is 2.97. The van der Waals surface area contributed by atoms with Gasteiger partial charge in [-0.1, -0.05) is 18.2 Å². The summed E-state index contributed by atoms with van der Waals surface area (Å²) in [6, 6.07) is 13.3. The van der Waals surface area contributed by atoms with Gasteiger partial charge >= 0.3 is 0 Å². The Morgan fingerprint density at radius 1 is 1.00 bits per heavy atom. The molecule has 0 spiro atoms. The van der Waals surface area contributed by atoms with Crippen molar-refractivity contribution in [1.82, 2.24) is 0 Å². The van der Waals surface area contributed by atoms with E-state index < -0.39 is 0 Å². The Labute approximate surface area is 141 Å². The van der Waals surface area contributed by atoms with Gasteiger partial charge in [-0.25, -0.2) is 4.39 Å². The number of benzene rings is 2. The molecule has 1 aliphatic heterocycles. The van der Waals surface area contributed by atoms with Gasteiger partial charge in [0.15, 0.2) is 0 Å². The van der Waals surface area contributed by atoms with Crippen LogP contribution in [0, 0.1) is 12.7 Å². The van der Waals surface area contributed by atoms with Gasteiger partial charge in [-0.05, 0) is 73.1 Å². The zero-order valence-electron chi connectivity index (χ0n) is 13.8. The third-order valence-electron chi connectivity index (χ3n) is 4.81. The normalized spacial score (nSPS) is 15.9. The van der Waals surface area contributed by atoms with Crippen molar-refractivity contribution in [2.24, 2.45) is 0 Å². The number of hydrogen-bond acceptors (Lipinski definition) is 2. The van der Waals surface area contributed by atoms with Crippen molar-refractivity contribution in [2.75, 3.05) is 13.2 Å². The first-order valence-electron chi connectivity index (χ1n) is 8.54. The molecule has 1 saturated heterocycles. The van der Waals surface area contributed by atoms with Crippen LogP contribution in [0.25, 0.3) is 11.0 Å². The maximum Gasteiger partial charge on any atom is 0.137 e. The third kappa shape index (κ3) is 3.09. The third-order valence-corrected chi connectivity index (χ3v) is 4.81. The molecule has 1 fully saturated rings. The fourth-order valence-electron chi connectivity index (χ4n) is 3.63. The highest BCUT2D eigenvalue weighted by molar-refractivity contribution is 5.82. The molecular weight excluding hydrogens is 303 g/mol. The van der Waals surface area contributed by atoms with E-state index in [2.05, 4.69) is 18.2 Å². The standard InChI is InChI=1S/C21H21FO2/c1-14-10-18-12-16(11-15-2-4-19(22)5-3-15)13-20(21(18)24-14)17-6-8-23-9-7-17/h2-5,10,12-13,17H,6-9,11H2,1H3. The van der Waals surface area contributed by atoms with Crippen LogP contribution in [-0.4, -0.2) is 13.2 Å². The van der Waals surface area contributed by atoms with E-state index in [9.17, 15) is 4.39 Å². The van der Waals surface area contributed by atoms with Crippen LogP contribution in [0.1, 0.15) is 41.2 Å². The molecule has 0 atom stereocenters. The Kier molecular flexibility index (Phi) is 4.11. The lowest BCUT2D eigenvalue weighted by atomic mass is 9.88. The highest BCUT2D eigenvalue weighted by atomic mass is 19.1. The second kappa shape index (κ2) is 6.40. The fraction of sp³-hybridized carbons (Fsp3) is 0.333. The van der Waals surface area contributed by atoms with Gasteiger partial charge in [-0.3, -0.25) is 0 Å². The van der Waals surface area contributed by atoms with Crippen molar-refractivity contribution >= 4 is 11.0 Å². The summed E-state index contributed by atoms with van der Waals surface area (Å²) in [4.78, 5) is 0. The van der Waals surface area contributed by atoms with Crippen molar-refractivity contribution in [1.29, 1.82) is 0 Å². The van der Waals surface area contributed by atoms with Crippen LogP contribution < -0.4 is 0 Å². The molecule has 1 aromatic heterocycles. The van der Waals surface area contributed by atoms with Crippen LogP contribution >= 0.6 is 0 Å². The number of halogens is 1. The zero-order valence-corrected chi connectivity index (χ0v) is 13.8. The van der Waals surface area contributed by atoms with Gasteiger partial charge in [0.2, 0.25) is 0 Å². The van der Waals surface area contributed by atoms with Crippen LogP contribution in [0.2, 0.25) is 0 Å². The molecule has 4 rings (SSSR count). The summed E-state index contributed by atoms with van der Waals surface area (Å²) in [6.45, 7) is 3.62. The highest BCUT2D eigenvalue weighted by Crippen LogP contribution is 2.35. The first-order valence-corrected chi connectivity index (χ1v) is 8.54. The summed E-state index contributed by atoms with van der Waals surface area (Å²) < 4.78 is 24.6. The minimum Gasteiger partial charge on any atom is -0.461 e. The SMILES string of the molecule is Cc1cc2cc(Cc3ccc(F)cc3)cc(C3CCOCC3)c2o1. The number of aryl methyl sites for hydroxylation is 1. The van der Waals surface area contributed by atoms with E-state index in [0.717, 1.165) is 54.8 Å². The number of rotatable bonds is 3. The van der Waals surface area contributed by atoms with E-state index in [4.69, 9.17) is 9.15 Å². The largest absolute Gasteiger partial charge is 0.461 e. The van der Waals surface area contributed by atoms with Gasteiger partial charge in [-0.15, -0.1) is 0 Å². The van der Waals surface area contributed by atoms with E-state index in [1.165, 1.54) is 23.3 Å². The predicted octanol–water partition coefficient (Wildman–Crippen LogP) is 5.37. The average molecular weight is 324 g/mol. The van der Waals surface area contributed by atoms with E-state index in [1.807, 2.05) is 19.1 Å². The smallest absolute Gasteiger partial charge is 0.137 e. The van der Waals surface area contributed by atoms with E-state index >= 15 is 0 Å². The topological polar surface area (TPSA) is 22.4 Å². The molecule has 0 radical (unpaired) electrons. The maximum absolute atomic E-state index is 13.1. The van der Waals surface area contributed by atoms with Crippen molar-refractivity contribution < 1.29 is 13.5 Å². The number of furan rings is 1. The van der Waals surface area contributed by atoms with Gasteiger partial charge < -0.3 is 9.15 Å². The lowest BCUT2D eigenvalue weighted by molar-refractivity contribution is 0.0854. The lowest BCUT2D eigenvalue weighted by Gasteiger charge is -2.23. The molecular formula is C21H21FO2. The van der Waals surface area contributed by atoms with Crippen molar-refractivity contribution in [3.8, 4) is 0 Å². The molecule has 3 aromatic rings. The zero-order chi connectivity index (χ0) is 16.5. The van der Waals surface area contributed by atoms with Crippen molar-refractivity contribution in [2.45, 2.75) is 32.1 Å². The Balaban J connectivity index is 1.74. The molecule has 2 heterocycles. The van der Waals surface area contributed by atoms with Gasteiger partial charge in [0, 0.05) is 18.6 Å². The molecule has 2 nitrogen and oxygen atoms in total. The number of hydrogen-bond donors (Lipinski definition) is 0. The Morgan fingerprint density at radius 3 is 2.50 bits per heavy atom. The summed E-state index contributed by atoms with van der Waals surface area (Å²) in [5, 5.41) is 1.16. The first kappa shape index (κ1) is 15.4. The summed E-state index contributed by atoms with van der Waals surface area (Å²) in [5.41, 5.74) is 4.67. The molecule has 0 unspecified atom stereocenters. The molecule has 0 saturated carbocycles. The fourth-order valence-corrected chi connectivity index (χ4v) is 3.63. The maximum atomic E-state index is 13.1. The molecule has 0 aliphatic carbocycles. The quantitative estimate of drug-likeness (QED) is 0.646. The van der Waals surface area contributed by atoms with Crippen LogP contribution in [0.5, 0.6) is 0 Å². The Hall–Kier alpha value is -2.13. The minimum atomic E-state index is -0.192. The number of ether oxygens (including phenoxy) is 1. The highest BCUT2D eigenvalue weighted by Gasteiger charge is 2.21. The van der Waals surface area contributed by atoms with Crippen molar-refractivity contribution in [3.63, 3.8) is 0 Å². The van der Waals surface area contributed by atoms with Gasteiger partial charge in [-0.2, -0.15) is 0 Å². The van der Waals surface area contributed by atoms with Crippen LogP contribution in [0.15, 0.2) is 46.9 Å². The molecule has 124 valence electrons. The van der Waals surface area contributed by atoms with Gasteiger partial charge in [0.1, 0.15) is 17.2 Å². The molecule has 3 heteroatoms. The van der Waals surface area contributed by atoms with E-state index in [1.54, 1.807) is 0 Å². The summed E-state index contributed by atoms with van der Waals surface area (Å²) >= 11 is 0. The van der Waals surface area contributed by atoms with Crippen LogP contribution in [0.4, 0.5) is 4.39 Å². The molecule has 2 aromatic carbocycles. The van der Waals surface area contributed by atoms with E-state index in [0.29, 0.717) is 5.92 Å². The van der Waals surface area contributed by atoms with E-state index in [-0.39, 0.29) is 5.82 Å². The summed E-state index contributed by atoms with van der Waals surface area (Å²) in [7, 11) is 0. The Bertz CT molecular complexity index is 842. The monoisotopic (exact) mass is 324 g/mol. The second-order valence-corrected chi connectivity index (χ2v) is 6.65. The minimum absolute atomic E-state index is 0.192. The predicted molar refractivity (Wildman–Crippen MR) is 93.0 cm³/mol. The lowest BCUT2D eigenvalue weighted by Crippen LogP contribution is -2.14. The molecule has 0 N–H and O–H groups in total. The van der Waals surface area contributed by atoms with Crippen LogP contribution in [0.3, 0.4) is 0 Å². The van der Waals surface area contributed by atoms with Gasteiger partial charge in [0.05, 0.1) is 0 Å². The number of fused-ring (bicyclic) bond motifs is 1. The summed E-state index contributed by atoms with van der Waals surface area (Å²) in [6.07, 6.45) is 2.88. The molecule has 1 aliphatic rings. The second-order valence-electron chi connectivity index (χ2n) is 6.65. The molecule has 0 bridgehead atoms. The summed E-state index contributed by atoms with van der Waals surface area (Å²) in [5.74, 6) is 1.24. The Morgan fingerprint density at radius 2 is 1.75 bits per heavy atom. The van der Waals surface area contributed by atoms with Gasteiger partial charge in [0.25, 0.3) is 0 Å². The van der Waals surface area contributed by atoms with Crippen LogP contribution in [-0.2, 0) is 11.2 Å². The molecule has 24 heavy (non-hydrogen) atoms.